The molecule has 0 aliphatic heterocycles. The number of carboxylic acids is 1. The lowest BCUT2D eigenvalue weighted by Crippen LogP contribution is -2.66. The molecule has 0 aromatic carbocycles. The SMILES string of the molecule is CCCCCCCCCCCCCCC[N+](C)(C)C(C)(CCCCCCCCCCCC)C(=O)[O-]. The van der Waals surface area contributed by atoms with Crippen molar-refractivity contribution in [2.45, 2.75) is 180 Å². The number of hydrogen-bond donors (Lipinski definition) is 0. The fraction of sp³-hybridized carbons (Fsp3) is 0.969. The van der Waals surface area contributed by atoms with Gasteiger partial charge < -0.3 is 14.4 Å². The highest BCUT2D eigenvalue weighted by Gasteiger charge is 2.41. The Morgan fingerprint density at radius 3 is 1.14 bits per heavy atom. The second-order valence-corrected chi connectivity index (χ2v) is 12.1. The number of carbonyl (C=O) groups is 1. The zero-order valence-electron chi connectivity index (χ0n) is 24.9. The van der Waals surface area contributed by atoms with Gasteiger partial charge in [0, 0.05) is 6.42 Å². The number of likely N-dealkylation sites (N-methyl/N-ethyl adjacent to an activating group) is 1. The molecule has 35 heavy (non-hydrogen) atoms. The van der Waals surface area contributed by atoms with E-state index in [0.29, 0.717) is 4.48 Å². The first-order chi connectivity index (χ1) is 16.8. The first-order valence-corrected chi connectivity index (χ1v) is 15.9. The van der Waals surface area contributed by atoms with Crippen molar-refractivity contribution in [2.75, 3.05) is 20.6 Å². The summed E-state index contributed by atoms with van der Waals surface area (Å²) in [7, 11) is 4.21. The molecule has 0 aromatic rings. The average Bonchev–Trinajstić information content (AvgIpc) is 2.82. The molecule has 0 bridgehead atoms. The zero-order valence-corrected chi connectivity index (χ0v) is 24.9. The summed E-state index contributed by atoms with van der Waals surface area (Å²) in [6.45, 7) is 7.40. The molecule has 1 unspecified atom stereocenters. The van der Waals surface area contributed by atoms with Gasteiger partial charge in [-0.1, -0.05) is 142 Å². The Kier molecular flexibility index (Phi) is 22.2. The minimum Gasteiger partial charge on any atom is -0.544 e. The van der Waals surface area contributed by atoms with Gasteiger partial charge in [0.05, 0.1) is 20.6 Å². The molecule has 0 rings (SSSR count). The van der Waals surface area contributed by atoms with E-state index < -0.39 is 11.5 Å². The van der Waals surface area contributed by atoms with E-state index in [-0.39, 0.29) is 0 Å². The second kappa shape index (κ2) is 22.6. The van der Waals surface area contributed by atoms with Crippen LogP contribution in [0, 0.1) is 0 Å². The normalized spacial score (nSPS) is 13.7. The van der Waals surface area contributed by atoms with Crippen molar-refractivity contribution in [3.8, 4) is 0 Å². The Morgan fingerprint density at radius 2 is 0.829 bits per heavy atom. The topological polar surface area (TPSA) is 40.1 Å². The maximum Gasteiger partial charge on any atom is 0.136 e. The molecule has 0 aliphatic carbocycles. The largest absolute Gasteiger partial charge is 0.544 e. The van der Waals surface area contributed by atoms with E-state index in [1.165, 1.54) is 128 Å². The van der Waals surface area contributed by atoms with Gasteiger partial charge in [-0.2, -0.15) is 0 Å². The summed E-state index contributed by atoms with van der Waals surface area (Å²) in [6.07, 6.45) is 31.1. The summed E-state index contributed by atoms with van der Waals surface area (Å²) in [5, 5.41) is 12.2. The molecule has 0 saturated carbocycles. The fourth-order valence-corrected chi connectivity index (χ4v) is 5.38. The molecule has 0 N–H and O–H groups in total. The molecule has 0 saturated heterocycles. The van der Waals surface area contributed by atoms with Crippen LogP contribution in [-0.4, -0.2) is 36.6 Å². The lowest BCUT2D eigenvalue weighted by molar-refractivity contribution is -0.933. The van der Waals surface area contributed by atoms with E-state index >= 15 is 0 Å². The maximum absolute atomic E-state index is 12.2. The number of quaternary nitrogens is 1. The zero-order chi connectivity index (χ0) is 26.3. The minimum absolute atomic E-state index is 0.546. The fourth-order valence-electron chi connectivity index (χ4n) is 5.38. The van der Waals surface area contributed by atoms with E-state index in [0.717, 1.165) is 32.2 Å². The summed E-state index contributed by atoms with van der Waals surface area (Å²) >= 11 is 0. The third-order valence-electron chi connectivity index (χ3n) is 8.61. The Balaban J connectivity index is 3.93. The van der Waals surface area contributed by atoms with E-state index in [1.54, 1.807) is 0 Å². The predicted octanol–water partition coefficient (Wildman–Crippen LogP) is 8.97. The summed E-state index contributed by atoms with van der Waals surface area (Å²) in [5.74, 6) is -0.867. The number of carboxylic acid groups (broad SMARTS) is 1. The van der Waals surface area contributed by atoms with Gasteiger partial charge in [-0.15, -0.1) is 0 Å². The first-order valence-electron chi connectivity index (χ1n) is 15.9. The van der Waals surface area contributed by atoms with Gasteiger partial charge in [-0.25, -0.2) is 0 Å². The van der Waals surface area contributed by atoms with Crippen molar-refractivity contribution < 1.29 is 14.4 Å². The Morgan fingerprint density at radius 1 is 0.543 bits per heavy atom. The van der Waals surface area contributed by atoms with E-state index in [2.05, 4.69) is 27.9 Å². The van der Waals surface area contributed by atoms with Crippen molar-refractivity contribution >= 4 is 5.97 Å². The molecule has 0 aromatic heterocycles. The van der Waals surface area contributed by atoms with Gasteiger partial charge in [0.25, 0.3) is 0 Å². The summed E-state index contributed by atoms with van der Waals surface area (Å²) in [4.78, 5) is 12.2. The van der Waals surface area contributed by atoms with Crippen LogP contribution in [0.4, 0.5) is 0 Å². The van der Waals surface area contributed by atoms with Crippen LogP contribution in [0.1, 0.15) is 175 Å². The number of nitrogens with zero attached hydrogens (tertiary/aromatic N) is 1. The first kappa shape index (κ1) is 34.4. The Labute approximate surface area is 221 Å². The Bertz CT molecular complexity index is 476. The maximum atomic E-state index is 12.2. The molecule has 0 fully saturated rings. The molecule has 0 heterocycles. The average molecular weight is 496 g/mol. The van der Waals surface area contributed by atoms with Gasteiger partial charge in [0.15, 0.2) is 0 Å². The smallest absolute Gasteiger partial charge is 0.136 e. The highest BCUT2D eigenvalue weighted by Crippen LogP contribution is 2.28. The minimum atomic E-state index is -0.867. The van der Waals surface area contributed by atoms with Gasteiger partial charge >= 0.3 is 0 Å². The quantitative estimate of drug-likeness (QED) is 0.0842. The third kappa shape index (κ3) is 17.5. The number of carbonyl (C=O) groups excluding carboxylic acids is 1. The van der Waals surface area contributed by atoms with Gasteiger partial charge in [0.2, 0.25) is 0 Å². The van der Waals surface area contributed by atoms with Crippen molar-refractivity contribution in [3.05, 3.63) is 0 Å². The molecule has 0 radical (unpaired) electrons. The molecule has 1 atom stereocenters. The van der Waals surface area contributed by atoms with Crippen LogP contribution in [0.3, 0.4) is 0 Å². The number of rotatable bonds is 27. The van der Waals surface area contributed by atoms with Gasteiger partial charge in [-0.05, 0) is 26.2 Å². The standard InChI is InChI=1S/C32H65NO2/c1-6-8-10-12-14-16-18-19-20-22-24-26-28-30-33(4,5)32(3,31(34)35)29-27-25-23-21-17-15-13-11-9-7-2/h6-30H2,1-5H3. The highest BCUT2D eigenvalue weighted by atomic mass is 16.4. The molecule has 3 heteroatoms. The van der Waals surface area contributed by atoms with Crippen LogP contribution in [0.25, 0.3) is 0 Å². The van der Waals surface area contributed by atoms with Crippen molar-refractivity contribution in [1.82, 2.24) is 0 Å². The van der Waals surface area contributed by atoms with Crippen molar-refractivity contribution in [1.29, 1.82) is 0 Å². The molecule has 0 amide bonds. The van der Waals surface area contributed by atoms with Crippen LogP contribution >= 0.6 is 0 Å². The van der Waals surface area contributed by atoms with E-state index in [9.17, 15) is 9.90 Å². The van der Waals surface area contributed by atoms with Crippen molar-refractivity contribution in [2.24, 2.45) is 0 Å². The molecular formula is C32H65NO2. The second-order valence-electron chi connectivity index (χ2n) is 12.1. The summed E-state index contributed by atoms with van der Waals surface area (Å²) in [5.41, 5.74) is -0.780. The lowest BCUT2D eigenvalue weighted by Gasteiger charge is -2.47. The van der Waals surface area contributed by atoms with Crippen LogP contribution in [0.5, 0.6) is 0 Å². The molecule has 0 aliphatic rings. The molecule has 0 spiro atoms. The third-order valence-corrected chi connectivity index (χ3v) is 8.61. The number of aliphatic carboxylic acids is 1. The Hall–Kier alpha value is -0.570. The van der Waals surface area contributed by atoms with Crippen molar-refractivity contribution in [3.63, 3.8) is 0 Å². The van der Waals surface area contributed by atoms with E-state index in [4.69, 9.17) is 0 Å². The molecule has 3 nitrogen and oxygen atoms in total. The van der Waals surface area contributed by atoms with Crippen LogP contribution < -0.4 is 5.11 Å². The number of unbranched alkanes of at least 4 members (excludes halogenated alkanes) is 21. The lowest BCUT2D eigenvalue weighted by atomic mass is 9.89. The monoisotopic (exact) mass is 496 g/mol. The summed E-state index contributed by atoms with van der Waals surface area (Å²) in [6, 6.07) is 0. The van der Waals surface area contributed by atoms with E-state index in [1.807, 2.05) is 6.92 Å². The van der Waals surface area contributed by atoms with Gasteiger partial charge in [0.1, 0.15) is 11.5 Å². The van der Waals surface area contributed by atoms with Gasteiger partial charge in [-0.3, -0.25) is 0 Å². The summed E-state index contributed by atoms with van der Waals surface area (Å²) < 4.78 is 0.546. The molecule has 210 valence electrons. The molecular weight excluding hydrogens is 430 g/mol. The predicted molar refractivity (Wildman–Crippen MR) is 153 cm³/mol. The highest BCUT2D eigenvalue weighted by molar-refractivity contribution is 5.74. The van der Waals surface area contributed by atoms with Crippen LogP contribution in [-0.2, 0) is 4.79 Å². The number of hydrogen-bond acceptors (Lipinski definition) is 2. The van der Waals surface area contributed by atoms with Crippen LogP contribution in [0.2, 0.25) is 0 Å². The van der Waals surface area contributed by atoms with Crippen LogP contribution in [0.15, 0.2) is 0 Å².